The second-order valence-corrected chi connectivity index (χ2v) is 4.18. The fourth-order valence-electron chi connectivity index (χ4n) is 1.78. The molecule has 1 heterocycles. The summed E-state index contributed by atoms with van der Waals surface area (Å²) in [5, 5.41) is 9.47. The number of nitrogens with zero attached hydrogens (tertiary/aromatic N) is 1. The number of fused-ring (bicyclic) bond motifs is 1. The van der Waals surface area contributed by atoms with Gasteiger partial charge < -0.3 is 14.6 Å². The van der Waals surface area contributed by atoms with Crippen molar-refractivity contribution >= 4 is 23.4 Å². The third-order valence-electron chi connectivity index (χ3n) is 2.52. The molecule has 1 amide bonds. The Morgan fingerprint density at radius 3 is 2.94 bits per heavy atom. The lowest BCUT2D eigenvalue weighted by Gasteiger charge is -2.31. The van der Waals surface area contributed by atoms with E-state index in [4.69, 9.17) is 26.2 Å². The van der Waals surface area contributed by atoms with Crippen LogP contribution in [0, 0.1) is 0 Å². The lowest BCUT2D eigenvalue weighted by molar-refractivity contribution is 0.181. The van der Waals surface area contributed by atoms with Crippen molar-refractivity contribution in [3.05, 3.63) is 17.2 Å². The molecule has 0 spiro atoms. The highest BCUT2D eigenvalue weighted by Gasteiger charge is 2.28. The summed E-state index contributed by atoms with van der Waals surface area (Å²) in [7, 11) is 1.49. The Morgan fingerprint density at radius 2 is 2.35 bits per heavy atom. The number of hydrogen-bond donors (Lipinski definition) is 1. The topological polar surface area (TPSA) is 59.0 Å². The molecule has 0 bridgehead atoms. The molecule has 1 atom stereocenters. The summed E-state index contributed by atoms with van der Waals surface area (Å²) < 4.78 is 10.6. The zero-order chi connectivity index (χ0) is 12.6. The van der Waals surface area contributed by atoms with Crippen LogP contribution in [-0.4, -0.2) is 31.0 Å². The summed E-state index contributed by atoms with van der Waals surface area (Å²) in [4.78, 5) is 12.3. The van der Waals surface area contributed by atoms with E-state index in [1.54, 1.807) is 13.0 Å². The van der Waals surface area contributed by atoms with E-state index in [9.17, 15) is 4.79 Å². The van der Waals surface area contributed by atoms with Gasteiger partial charge in [-0.2, -0.15) is 0 Å². The Labute approximate surface area is 103 Å². The minimum absolute atomic E-state index is 0.204. The van der Waals surface area contributed by atoms with Crippen molar-refractivity contribution < 1.29 is 19.4 Å². The molecular weight excluding hydrogens is 246 g/mol. The summed E-state index contributed by atoms with van der Waals surface area (Å²) >= 11 is 5.97. The van der Waals surface area contributed by atoms with Crippen molar-refractivity contribution in [1.29, 1.82) is 0 Å². The van der Waals surface area contributed by atoms with Crippen LogP contribution in [0.15, 0.2) is 12.1 Å². The number of anilines is 1. The van der Waals surface area contributed by atoms with Gasteiger partial charge in [0.25, 0.3) is 0 Å². The molecule has 5 nitrogen and oxygen atoms in total. The third kappa shape index (κ3) is 2.10. The van der Waals surface area contributed by atoms with E-state index in [1.807, 2.05) is 0 Å². The van der Waals surface area contributed by atoms with Gasteiger partial charge in [-0.15, -0.1) is 0 Å². The van der Waals surface area contributed by atoms with Crippen LogP contribution in [0.25, 0.3) is 0 Å². The first-order valence-corrected chi connectivity index (χ1v) is 5.45. The van der Waals surface area contributed by atoms with Gasteiger partial charge >= 0.3 is 6.09 Å². The summed E-state index contributed by atoms with van der Waals surface area (Å²) in [6.45, 7) is 2.09. The largest absolute Gasteiger partial charge is 0.495 e. The zero-order valence-electron chi connectivity index (χ0n) is 9.44. The number of carbonyl (C=O) groups is 1. The molecule has 6 heteroatoms. The van der Waals surface area contributed by atoms with Gasteiger partial charge in [0.05, 0.1) is 24.4 Å². The number of amides is 1. The van der Waals surface area contributed by atoms with Gasteiger partial charge in [0, 0.05) is 6.07 Å². The van der Waals surface area contributed by atoms with Crippen molar-refractivity contribution in [1.82, 2.24) is 0 Å². The molecule has 2 rings (SSSR count). The molecule has 1 aromatic rings. The number of hydrogen-bond acceptors (Lipinski definition) is 3. The molecule has 1 aliphatic heterocycles. The first kappa shape index (κ1) is 11.9. The molecule has 17 heavy (non-hydrogen) atoms. The molecule has 1 aromatic carbocycles. The van der Waals surface area contributed by atoms with Crippen molar-refractivity contribution in [2.75, 3.05) is 18.6 Å². The monoisotopic (exact) mass is 257 g/mol. The Hall–Kier alpha value is -1.62. The molecular formula is C11H12ClNO4. The van der Waals surface area contributed by atoms with Crippen LogP contribution in [0.5, 0.6) is 11.5 Å². The summed E-state index contributed by atoms with van der Waals surface area (Å²) in [6, 6.07) is 3.14. The third-order valence-corrected chi connectivity index (χ3v) is 2.82. The van der Waals surface area contributed by atoms with Crippen molar-refractivity contribution in [3.63, 3.8) is 0 Å². The number of methoxy groups -OCH3 is 1. The summed E-state index contributed by atoms with van der Waals surface area (Å²) in [5.74, 6) is 0.928. The number of rotatable bonds is 1. The molecule has 0 aromatic heterocycles. The molecule has 1 aliphatic rings. The molecule has 0 fully saturated rings. The molecule has 0 saturated heterocycles. The van der Waals surface area contributed by atoms with Crippen LogP contribution in [0.4, 0.5) is 10.5 Å². The van der Waals surface area contributed by atoms with E-state index in [0.29, 0.717) is 22.2 Å². The van der Waals surface area contributed by atoms with Crippen LogP contribution in [0.1, 0.15) is 6.92 Å². The van der Waals surface area contributed by atoms with Crippen LogP contribution < -0.4 is 14.4 Å². The predicted molar refractivity (Wildman–Crippen MR) is 63.5 cm³/mol. The minimum atomic E-state index is -1.03. The standard InChI is InChI=1S/C11H12ClNO4/c1-6-5-13(11(14)15)8-3-7(12)9(16-2)4-10(8)17-6/h3-4,6H,5H2,1-2H3,(H,14,15). The van der Waals surface area contributed by atoms with Crippen LogP contribution in [0.3, 0.4) is 0 Å². The Kier molecular flexibility index (Phi) is 3.02. The van der Waals surface area contributed by atoms with Crippen molar-refractivity contribution in [2.24, 2.45) is 0 Å². The molecule has 0 saturated carbocycles. The maximum atomic E-state index is 11.1. The lowest BCUT2D eigenvalue weighted by Crippen LogP contribution is -2.41. The maximum absolute atomic E-state index is 11.1. The Morgan fingerprint density at radius 1 is 1.65 bits per heavy atom. The van der Waals surface area contributed by atoms with E-state index in [2.05, 4.69) is 0 Å². The summed E-state index contributed by atoms with van der Waals surface area (Å²) in [5.41, 5.74) is 0.446. The minimum Gasteiger partial charge on any atom is -0.495 e. The zero-order valence-corrected chi connectivity index (χ0v) is 10.2. The van der Waals surface area contributed by atoms with Crippen molar-refractivity contribution in [2.45, 2.75) is 13.0 Å². The van der Waals surface area contributed by atoms with Gasteiger partial charge in [0.2, 0.25) is 0 Å². The number of halogens is 1. The van der Waals surface area contributed by atoms with Gasteiger partial charge in [-0.05, 0) is 13.0 Å². The summed E-state index contributed by atoms with van der Waals surface area (Å²) in [6.07, 6.45) is -1.23. The highest BCUT2D eigenvalue weighted by Crippen LogP contribution is 2.40. The van der Waals surface area contributed by atoms with E-state index in [1.165, 1.54) is 18.1 Å². The fourth-order valence-corrected chi connectivity index (χ4v) is 2.01. The molecule has 0 radical (unpaired) electrons. The Bertz CT molecular complexity index is 463. The lowest BCUT2D eigenvalue weighted by atomic mass is 10.2. The fraction of sp³-hybridized carbons (Fsp3) is 0.364. The highest BCUT2D eigenvalue weighted by molar-refractivity contribution is 6.32. The number of benzene rings is 1. The van der Waals surface area contributed by atoms with Gasteiger partial charge in [0.15, 0.2) is 0 Å². The second kappa shape index (κ2) is 4.33. The van der Waals surface area contributed by atoms with Crippen molar-refractivity contribution in [3.8, 4) is 11.5 Å². The van der Waals surface area contributed by atoms with Gasteiger partial charge in [0.1, 0.15) is 17.6 Å². The predicted octanol–water partition coefficient (Wildman–Crippen LogP) is 2.61. The quantitative estimate of drug-likeness (QED) is 0.840. The average Bonchev–Trinajstić information content (AvgIpc) is 2.27. The molecule has 1 N–H and O–H groups in total. The average molecular weight is 258 g/mol. The van der Waals surface area contributed by atoms with Gasteiger partial charge in [-0.1, -0.05) is 11.6 Å². The van der Waals surface area contributed by atoms with E-state index in [-0.39, 0.29) is 12.6 Å². The molecule has 92 valence electrons. The number of carboxylic acid groups (broad SMARTS) is 1. The van der Waals surface area contributed by atoms with Gasteiger partial charge in [-0.25, -0.2) is 4.79 Å². The van der Waals surface area contributed by atoms with Crippen LogP contribution >= 0.6 is 11.6 Å². The van der Waals surface area contributed by atoms with E-state index >= 15 is 0 Å². The Balaban J connectivity index is 2.51. The smallest absolute Gasteiger partial charge is 0.412 e. The van der Waals surface area contributed by atoms with E-state index < -0.39 is 6.09 Å². The molecule has 0 aliphatic carbocycles. The maximum Gasteiger partial charge on any atom is 0.412 e. The first-order chi connectivity index (χ1) is 8.02. The second-order valence-electron chi connectivity index (χ2n) is 3.78. The van der Waals surface area contributed by atoms with Gasteiger partial charge in [-0.3, -0.25) is 4.90 Å². The van der Waals surface area contributed by atoms with Crippen LogP contribution in [-0.2, 0) is 0 Å². The SMILES string of the molecule is COc1cc2c(cc1Cl)N(C(=O)O)CC(C)O2. The first-order valence-electron chi connectivity index (χ1n) is 5.07. The highest BCUT2D eigenvalue weighted by atomic mass is 35.5. The number of ether oxygens (including phenoxy) is 2. The van der Waals surface area contributed by atoms with E-state index in [0.717, 1.165) is 0 Å². The molecule has 1 unspecified atom stereocenters. The normalized spacial score (nSPS) is 18.3. The van der Waals surface area contributed by atoms with Crippen LogP contribution in [0.2, 0.25) is 5.02 Å².